The summed E-state index contributed by atoms with van der Waals surface area (Å²) in [4.78, 5) is 13.1. The minimum absolute atomic E-state index is 0.279. The van der Waals surface area contributed by atoms with Crippen LogP contribution in [0.15, 0.2) is 95.5 Å². The molecule has 5 rings (SSSR count). The molecule has 0 aliphatic rings. The lowest BCUT2D eigenvalue weighted by Gasteiger charge is -2.06. The lowest BCUT2D eigenvalue weighted by molar-refractivity contribution is 0.0918. The molecule has 0 spiro atoms. The number of furan rings is 1. The van der Waals surface area contributed by atoms with Crippen molar-refractivity contribution in [1.29, 1.82) is 0 Å². The Labute approximate surface area is 197 Å². The van der Waals surface area contributed by atoms with Crippen molar-refractivity contribution in [3.63, 3.8) is 0 Å². The molecule has 5 aromatic rings. The first-order chi connectivity index (χ1) is 16.7. The van der Waals surface area contributed by atoms with E-state index in [9.17, 15) is 4.79 Å². The molecule has 0 saturated heterocycles. The minimum Gasteiger partial charge on any atom is -0.451 e. The van der Waals surface area contributed by atoms with Gasteiger partial charge in [-0.05, 0) is 11.6 Å². The van der Waals surface area contributed by atoms with Crippen LogP contribution in [0.25, 0.3) is 22.2 Å². The van der Waals surface area contributed by atoms with E-state index in [1.54, 1.807) is 7.11 Å². The molecule has 1 N–H and O–H groups in total. The number of amides is 1. The quantitative estimate of drug-likeness (QED) is 0.342. The number of carbonyl (C=O) groups is 1. The Morgan fingerprint density at radius 1 is 0.971 bits per heavy atom. The zero-order valence-corrected chi connectivity index (χ0v) is 18.9. The number of methoxy groups -OCH3 is 1. The largest absolute Gasteiger partial charge is 0.451 e. The topological polar surface area (TPSA) is 69.3 Å². The lowest BCUT2D eigenvalue weighted by atomic mass is 10.1. The second-order valence-corrected chi connectivity index (χ2v) is 8.07. The second-order valence-electron chi connectivity index (χ2n) is 8.07. The highest BCUT2D eigenvalue weighted by molar-refractivity contribution is 5.99. The maximum Gasteiger partial charge on any atom is 0.287 e. The smallest absolute Gasteiger partial charge is 0.287 e. The summed E-state index contributed by atoms with van der Waals surface area (Å²) in [7, 11) is 1.61. The van der Waals surface area contributed by atoms with Gasteiger partial charge in [-0.15, -0.1) is 0 Å². The van der Waals surface area contributed by atoms with Crippen molar-refractivity contribution in [1.82, 2.24) is 15.1 Å². The van der Waals surface area contributed by atoms with Crippen molar-refractivity contribution in [2.75, 3.05) is 7.11 Å². The molecule has 0 fully saturated rings. The van der Waals surface area contributed by atoms with E-state index in [1.807, 2.05) is 83.7 Å². The van der Waals surface area contributed by atoms with Crippen molar-refractivity contribution in [2.45, 2.75) is 19.7 Å². The molecule has 0 atom stereocenters. The number of hydrogen-bond acceptors (Lipinski definition) is 4. The maximum absolute atomic E-state index is 13.1. The molecule has 34 heavy (non-hydrogen) atoms. The van der Waals surface area contributed by atoms with Crippen molar-refractivity contribution in [3.8, 4) is 11.3 Å². The molecule has 1 amide bonds. The first-order valence-electron chi connectivity index (χ1n) is 11.2. The molecule has 0 aliphatic carbocycles. The van der Waals surface area contributed by atoms with Gasteiger partial charge >= 0.3 is 0 Å². The Balaban J connectivity index is 1.42. The minimum atomic E-state index is -0.280. The predicted octanol–water partition coefficient (Wildman–Crippen LogP) is 5.42. The van der Waals surface area contributed by atoms with Gasteiger partial charge in [0.1, 0.15) is 5.58 Å². The third-order valence-corrected chi connectivity index (χ3v) is 5.70. The molecule has 0 unspecified atom stereocenters. The second kappa shape index (κ2) is 9.77. The van der Waals surface area contributed by atoms with E-state index in [0.717, 1.165) is 33.3 Å². The van der Waals surface area contributed by atoms with Crippen molar-refractivity contribution in [3.05, 3.63) is 114 Å². The molecule has 2 heterocycles. The number of ether oxygens (including phenoxy) is 1. The van der Waals surface area contributed by atoms with Crippen LogP contribution in [0.2, 0.25) is 0 Å². The molecule has 0 aliphatic heterocycles. The predicted molar refractivity (Wildman–Crippen MR) is 131 cm³/mol. The average molecular weight is 452 g/mol. The third kappa shape index (κ3) is 4.49. The summed E-state index contributed by atoms with van der Waals surface area (Å²) < 4.78 is 13.1. The number of hydrogen-bond donors (Lipinski definition) is 1. The van der Waals surface area contributed by atoms with Gasteiger partial charge in [-0.1, -0.05) is 78.9 Å². The Bertz CT molecular complexity index is 1410. The van der Waals surface area contributed by atoms with Crippen LogP contribution in [0.5, 0.6) is 0 Å². The van der Waals surface area contributed by atoms with Crippen molar-refractivity contribution in [2.24, 2.45) is 0 Å². The van der Waals surface area contributed by atoms with Gasteiger partial charge in [0.15, 0.2) is 5.76 Å². The summed E-state index contributed by atoms with van der Waals surface area (Å²) in [5.74, 6) is -0.000871. The fourth-order valence-corrected chi connectivity index (χ4v) is 4.11. The van der Waals surface area contributed by atoms with Crippen LogP contribution in [0, 0.1) is 0 Å². The monoisotopic (exact) mass is 451 g/mol. The fourth-order valence-electron chi connectivity index (χ4n) is 4.11. The summed E-state index contributed by atoms with van der Waals surface area (Å²) in [6.45, 7) is 1.27. The summed E-state index contributed by atoms with van der Waals surface area (Å²) in [6, 6.07) is 27.8. The van der Waals surface area contributed by atoms with Crippen LogP contribution in [0.3, 0.4) is 0 Å². The number of benzene rings is 3. The molecular weight excluding hydrogens is 426 g/mol. The summed E-state index contributed by atoms with van der Waals surface area (Å²) in [5, 5.41) is 8.74. The molecule has 3 aromatic carbocycles. The van der Waals surface area contributed by atoms with Crippen molar-refractivity contribution < 1.29 is 13.9 Å². The maximum atomic E-state index is 13.1. The highest BCUT2D eigenvalue weighted by Crippen LogP contribution is 2.27. The van der Waals surface area contributed by atoms with E-state index in [2.05, 4.69) is 17.4 Å². The standard InChI is InChI=1S/C28H25N3O3/c1-33-19-24-23-14-8-9-15-25(23)34-27(24)28(32)29-16-22-18-31(17-20-10-4-2-5-11-20)30-26(22)21-12-6-3-7-13-21/h2-15,18H,16-17,19H2,1H3,(H,29,32). The lowest BCUT2D eigenvalue weighted by Crippen LogP contribution is -2.23. The van der Waals surface area contributed by atoms with Gasteiger partial charge in [-0.3, -0.25) is 9.48 Å². The summed E-state index contributed by atoms with van der Waals surface area (Å²) in [5.41, 5.74) is 5.35. The third-order valence-electron chi connectivity index (χ3n) is 5.70. The van der Waals surface area contributed by atoms with Gasteiger partial charge < -0.3 is 14.5 Å². The molecule has 6 nitrogen and oxygen atoms in total. The Hall–Kier alpha value is -4.16. The number of rotatable bonds is 8. The van der Waals surface area contributed by atoms with E-state index in [1.165, 1.54) is 0 Å². The molecule has 0 radical (unpaired) electrons. The number of aromatic nitrogens is 2. The molecule has 0 bridgehead atoms. The van der Waals surface area contributed by atoms with Crippen LogP contribution in [-0.4, -0.2) is 22.8 Å². The summed E-state index contributed by atoms with van der Waals surface area (Å²) in [6.07, 6.45) is 1.99. The number of fused-ring (bicyclic) bond motifs is 1. The van der Waals surface area contributed by atoms with Gasteiger partial charge in [-0.2, -0.15) is 5.10 Å². The summed E-state index contributed by atoms with van der Waals surface area (Å²) >= 11 is 0. The zero-order valence-electron chi connectivity index (χ0n) is 18.9. The normalized spacial score (nSPS) is 11.1. The highest BCUT2D eigenvalue weighted by Gasteiger charge is 2.21. The fraction of sp³-hybridized carbons (Fsp3) is 0.143. The molecule has 170 valence electrons. The van der Waals surface area contributed by atoms with E-state index in [-0.39, 0.29) is 11.7 Å². The highest BCUT2D eigenvalue weighted by atomic mass is 16.5. The molecule has 6 heteroatoms. The first-order valence-corrected chi connectivity index (χ1v) is 11.2. The molecule has 0 saturated carbocycles. The number of carbonyl (C=O) groups excluding carboxylic acids is 1. The number of nitrogens with one attached hydrogen (secondary N) is 1. The number of nitrogens with zero attached hydrogens (tertiary/aromatic N) is 2. The van der Waals surface area contributed by atoms with Gasteiger partial charge in [-0.25, -0.2) is 0 Å². The van der Waals surface area contributed by atoms with Crippen LogP contribution >= 0.6 is 0 Å². The number of para-hydroxylation sites is 1. The van der Waals surface area contributed by atoms with Gasteiger partial charge in [0, 0.05) is 41.9 Å². The Kier molecular flexibility index (Phi) is 6.23. The average Bonchev–Trinajstić information content (AvgIpc) is 3.45. The SMILES string of the molecule is COCc1c(C(=O)NCc2cn(Cc3ccccc3)nc2-c2ccccc2)oc2ccccc12. The molecular formula is C28H25N3O3. The first kappa shape index (κ1) is 21.7. The van der Waals surface area contributed by atoms with E-state index >= 15 is 0 Å². The van der Waals surface area contributed by atoms with E-state index in [4.69, 9.17) is 14.3 Å². The van der Waals surface area contributed by atoms with E-state index < -0.39 is 0 Å². The van der Waals surface area contributed by atoms with Gasteiger partial charge in [0.25, 0.3) is 5.91 Å². The Morgan fingerprint density at radius 2 is 1.68 bits per heavy atom. The van der Waals surface area contributed by atoms with Crippen LogP contribution < -0.4 is 5.32 Å². The van der Waals surface area contributed by atoms with Crippen molar-refractivity contribution >= 4 is 16.9 Å². The molecule has 2 aromatic heterocycles. The zero-order chi connectivity index (χ0) is 23.3. The Morgan fingerprint density at radius 3 is 2.44 bits per heavy atom. The van der Waals surface area contributed by atoms with Gasteiger partial charge in [0.2, 0.25) is 0 Å². The van der Waals surface area contributed by atoms with Crippen LogP contribution in [0.4, 0.5) is 0 Å². The van der Waals surface area contributed by atoms with E-state index in [0.29, 0.717) is 25.3 Å². The van der Waals surface area contributed by atoms with Crippen LogP contribution in [-0.2, 0) is 24.4 Å². The van der Waals surface area contributed by atoms with Crippen LogP contribution in [0.1, 0.15) is 27.2 Å². The van der Waals surface area contributed by atoms with Gasteiger partial charge in [0.05, 0.1) is 18.8 Å².